The Hall–Kier alpha value is -6.64. The van der Waals surface area contributed by atoms with Crippen LogP contribution in [-0.4, -0.2) is 9.97 Å². The minimum absolute atomic E-state index is 0.721. The first-order valence-electron chi connectivity index (χ1n) is 17.1. The highest BCUT2D eigenvalue weighted by Crippen LogP contribution is 2.48. The second kappa shape index (κ2) is 11.5. The maximum Gasteiger partial charge on any atom is 0.160 e. The van der Waals surface area contributed by atoms with Crippen LogP contribution in [0.15, 0.2) is 182 Å². The van der Waals surface area contributed by atoms with Crippen LogP contribution in [0.1, 0.15) is 0 Å². The maximum atomic E-state index is 5.05. The van der Waals surface area contributed by atoms with Crippen LogP contribution in [0.3, 0.4) is 0 Å². The Morgan fingerprint density at radius 3 is 1.58 bits per heavy atom. The molecule has 1 aliphatic carbocycles. The highest BCUT2D eigenvalue weighted by molar-refractivity contribution is 6.15. The second-order valence-corrected chi connectivity index (χ2v) is 13.0. The number of aromatic nitrogens is 2. The van der Waals surface area contributed by atoms with E-state index in [4.69, 9.17) is 9.97 Å². The van der Waals surface area contributed by atoms with E-state index in [1.807, 2.05) is 24.3 Å². The molecule has 0 bridgehead atoms. The summed E-state index contributed by atoms with van der Waals surface area (Å²) >= 11 is 0. The highest BCUT2D eigenvalue weighted by atomic mass is 14.9. The van der Waals surface area contributed by atoms with E-state index in [1.54, 1.807) is 0 Å². The monoisotopic (exact) mass is 634 g/mol. The Morgan fingerprint density at radius 2 is 0.840 bits per heavy atom. The molecule has 0 radical (unpaired) electrons. The van der Waals surface area contributed by atoms with E-state index < -0.39 is 0 Å². The standard InChI is InChI=1S/C48H30N2/c1-3-11-32(12-4-1)45-30-46(50-48(49-45)35-13-5-2-6-14-35)33-23-21-31(22-24-33)43-29-38(27-37-15-7-8-18-39(37)43)36-25-26-40-41-19-9-16-34-17-10-20-42(47(34)41)44(40)28-36/h1-30H. The van der Waals surface area contributed by atoms with Crippen molar-refractivity contribution in [1.29, 1.82) is 0 Å². The minimum atomic E-state index is 0.721. The van der Waals surface area contributed by atoms with Crippen LogP contribution in [0, 0.1) is 0 Å². The highest BCUT2D eigenvalue weighted by Gasteiger charge is 2.21. The van der Waals surface area contributed by atoms with Crippen LogP contribution < -0.4 is 0 Å². The van der Waals surface area contributed by atoms with E-state index in [9.17, 15) is 0 Å². The lowest BCUT2D eigenvalue weighted by Crippen LogP contribution is -1.95. The van der Waals surface area contributed by atoms with Crippen molar-refractivity contribution in [1.82, 2.24) is 9.97 Å². The summed E-state index contributed by atoms with van der Waals surface area (Å²) in [4.78, 5) is 10.0. The molecule has 9 aromatic rings. The van der Waals surface area contributed by atoms with Crippen molar-refractivity contribution in [2.75, 3.05) is 0 Å². The molecular weight excluding hydrogens is 605 g/mol. The van der Waals surface area contributed by atoms with Crippen molar-refractivity contribution in [2.45, 2.75) is 0 Å². The van der Waals surface area contributed by atoms with Crippen molar-refractivity contribution in [3.8, 4) is 78.4 Å². The quantitative estimate of drug-likeness (QED) is 0.188. The Bertz CT molecular complexity index is 2670. The van der Waals surface area contributed by atoms with Crippen LogP contribution in [-0.2, 0) is 0 Å². The molecule has 1 heterocycles. The number of hydrogen-bond donors (Lipinski definition) is 0. The Labute approximate surface area is 291 Å². The molecule has 0 unspecified atom stereocenters. The zero-order chi connectivity index (χ0) is 33.0. The zero-order valence-electron chi connectivity index (χ0n) is 27.2. The predicted molar refractivity (Wildman–Crippen MR) is 209 cm³/mol. The van der Waals surface area contributed by atoms with E-state index in [-0.39, 0.29) is 0 Å². The SMILES string of the molecule is c1ccc(-c2cc(-c3ccc(-c4cc(-c5ccc6c(c5)-c5cccc7cccc-6c57)cc5ccccc45)cc3)nc(-c3ccccc3)n2)cc1. The van der Waals surface area contributed by atoms with E-state index in [0.717, 1.165) is 33.9 Å². The summed E-state index contributed by atoms with van der Waals surface area (Å²) in [5, 5.41) is 5.12. The molecule has 2 nitrogen and oxygen atoms in total. The molecule has 0 atom stereocenters. The molecule has 0 saturated carbocycles. The molecule has 0 amide bonds. The summed E-state index contributed by atoms with van der Waals surface area (Å²) in [6.07, 6.45) is 0. The summed E-state index contributed by atoms with van der Waals surface area (Å²) in [6, 6.07) is 65.1. The van der Waals surface area contributed by atoms with Gasteiger partial charge in [-0.3, -0.25) is 0 Å². The first kappa shape index (κ1) is 28.4. The van der Waals surface area contributed by atoms with Crippen LogP contribution >= 0.6 is 0 Å². The van der Waals surface area contributed by atoms with Crippen molar-refractivity contribution in [3.05, 3.63) is 182 Å². The average molecular weight is 635 g/mol. The number of rotatable bonds is 5. The normalized spacial score (nSPS) is 11.6. The van der Waals surface area contributed by atoms with E-state index in [1.165, 1.54) is 66.1 Å². The zero-order valence-corrected chi connectivity index (χ0v) is 27.2. The second-order valence-electron chi connectivity index (χ2n) is 13.0. The van der Waals surface area contributed by atoms with Crippen molar-refractivity contribution < 1.29 is 0 Å². The molecule has 232 valence electrons. The first-order chi connectivity index (χ1) is 24.8. The Morgan fingerprint density at radius 1 is 0.280 bits per heavy atom. The van der Waals surface area contributed by atoms with Gasteiger partial charge in [-0.2, -0.15) is 0 Å². The van der Waals surface area contributed by atoms with Gasteiger partial charge in [-0.15, -0.1) is 0 Å². The molecule has 10 rings (SSSR count). The molecule has 50 heavy (non-hydrogen) atoms. The molecule has 8 aromatic carbocycles. The summed E-state index contributed by atoms with van der Waals surface area (Å²) in [6.45, 7) is 0. The van der Waals surface area contributed by atoms with Gasteiger partial charge in [-0.1, -0.05) is 158 Å². The number of fused-ring (bicyclic) bond motifs is 4. The molecule has 1 aromatic heterocycles. The van der Waals surface area contributed by atoms with Gasteiger partial charge in [0.2, 0.25) is 0 Å². The summed E-state index contributed by atoms with van der Waals surface area (Å²) in [5.41, 5.74) is 15.0. The Kier molecular flexibility index (Phi) is 6.53. The fraction of sp³-hybridized carbons (Fsp3) is 0. The van der Waals surface area contributed by atoms with Gasteiger partial charge in [-0.25, -0.2) is 9.97 Å². The third kappa shape index (κ3) is 4.73. The average Bonchev–Trinajstić information content (AvgIpc) is 3.52. The molecular formula is C48H30N2. The van der Waals surface area contributed by atoms with Crippen molar-refractivity contribution in [2.24, 2.45) is 0 Å². The summed E-state index contributed by atoms with van der Waals surface area (Å²) < 4.78 is 0. The van der Waals surface area contributed by atoms with Crippen LogP contribution in [0.2, 0.25) is 0 Å². The molecule has 1 aliphatic rings. The van der Waals surface area contributed by atoms with Gasteiger partial charge in [0, 0.05) is 16.7 Å². The molecule has 2 heteroatoms. The van der Waals surface area contributed by atoms with Gasteiger partial charge < -0.3 is 0 Å². The van der Waals surface area contributed by atoms with Crippen LogP contribution in [0.4, 0.5) is 0 Å². The van der Waals surface area contributed by atoms with Crippen molar-refractivity contribution >= 4 is 21.5 Å². The van der Waals surface area contributed by atoms with Gasteiger partial charge in [0.05, 0.1) is 11.4 Å². The maximum absolute atomic E-state index is 5.05. The van der Waals surface area contributed by atoms with E-state index in [0.29, 0.717) is 0 Å². The molecule has 0 saturated heterocycles. The lowest BCUT2D eigenvalue weighted by molar-refractivity contribution is 1.18. The fourth-order valence-electron chi connectivity index (χ4n) is 7.58. The fourth-order valence-corrected chi connectivity index (χ4v) is 7.58. The molecule has 0 aliphatic heterocycles. The van der Waals surface area contributed by atoms with Crippen LogP contribution in [0.25, 0.3) is 100.0 Å². The topological polar surface area (TPSA) is 25.8 Å². The van der Waals surface area contributed by atoms with Gasteiger partial charge in [0.15, 0.2) is 5.82 Å². The predicted octanol–water partition coefficient (Wildman–Crippen LogP) is 12.8. The van der Waals surface area contributed by atoms with Gasteiger partial charge in [0.1, 0.15) is 0 Å². The number of benzene rings is 8. The van der Waals surface area contributed by atoms with Gasteiger partial charge >= 0.3 is 0 Å². The van der Waals surface area contributed by atoms with Gasteiger partial charge in [-0.05, 0) is 90.3 Å². The lowest BCUT2D eigenvalue weighted by atomic mass is 9.91. The number of nitrogens with zero attached hydrogens (tertiary/aromatic N) is 2. The third-order valence-corrected chi connectivity index (χ3v) is 10.0. The van der Waals surface area contributed by atoms with Gasteiger partial charge in [0.25, 0.3) is 0 Å². The smallest absolute Gasteiger partial charge is 0.160 e. The van der Waals surface area contributed by atoms with Crippen molar-refractivity contribution in [3.63, 3.8) is 0 Å². The third-order valence-electron chi connectivity index (χ3n) is 10.0. The summed E-state index contributed by atoms with van der Waals surface area (Å²) in [5.74, 6) is 0.721. The summed E-state index contributed by atoms with van der Waals surface area (Å²) in [7, 11) is 0. The first-order valence-corrected chi connectivity index (χ1v) is 17.1. The van der Waals surface area contributed by atoms with Crippen LogP contribution in [0.5, 0.6) is 0 Å². The largest absolute Gasteiger partial charge is 0.228 e. The molecule has 0 N–H and O–H groups in total. The Balaban J connectivity index is 1.07. The molecule has 0 spiro atoms. The van der Waals surface area contributed by atoms with E-state index >= 15 is 0 Å². The number of hydrogen-bond acceptors (Lipinski definition) is 2. The molecule has 0 fully saturated rings. The lowest BCUT2D eigenvalue weighted by Gasteiger charge is -2.14. The minimum Gasteiger partial charge on any atom is -0.228 e. The van der Waals surface area contributed by atoms with E-state index in [2.05, 4.69) is 158 Å².